The second-order valence-corrected chi connectivity index (χ2v) is 5.91. The Bertz CT molecular complexity index is 608. The molecule has 0 amide bonds. The third-order valence-electron chi connectivity index (χ3n) is 1.65. The summed E-state index contributed by atoms with van der Waals surface area (Å²) in [6.45, 7) is 0. The largest absolute Gasteiger partial charge is 0.302 e. The first-order valence-electron chi connectivity index (χ1n) is 3.60. The van der Waals surface area contributed by atoms with Crippen LogP contribution in [-0.2, 0) is 9.05 Å². The molecule has 0 aliphatic carbocycles. The highest BCUT2D eigenvalue weighted by atomic mass is 79.9. The van der Waals surface area contributed by atoms with Gasteiger partial charge in [0.2, 0.25) is 0 Å². The summed E-state index contributed by atoms with van der Waals surface area (Å²) in [6, 6.07) is 3.64. The van der Waals surface area contributed by atoms with Gasteiger partial charge < -0.3 is 0 Å². The van der Waals surface area contributed by atoms with Crippen LogP contribution < -0.4 is 0 Å². The summed E-state index contributed by atoms with van der Waals surface area (Å²) in [5, 5.41) is 19.3. The van der Waals surface area contributed by atoms with Crippen LogP contribution in [0.1, 0.15) is 5.56 Å². The number of nitro benzene ring substituents is 1. The van der Waals surface area contributed by atoms with Crippen molar-refractivity contribution in [3.8, 4) is 6.07 Å². The molecule has 0 aliphatic heterocycles. The topological polar surface area (TPSA) is 101 Å². The first kappa shape index (κ1) is 12.9. The van der Waals surface area contributed by atoms with E-state index in [-0.39, 0.29) is 10.0 Å². The molecule has 0 spiro atoms. The molecule has 6 nitrogen and oxygen atoms in total. The van der Waals surface area contributed by atoms with Crippen molar-refractivity contribution in [1.82, 2.24) is 0 Å². The zero-order valence-corrected chi connectivity index (χ0v) is 10.5. The van der Waals surface area contributed by atoms with Crippen molar-refractivity contribution >= 4 is 41.4 Å². The zero-order valence-electron chi connectivity index (χ0n) is 7.35. The lowest BCUT2D eigenvalue weighted by molar-refractivity contribution is -0.386. The lowest BCUT2D eigenvalue weighted by atomic mass is 10.2. The van der Waals surface area contributed by atoms with Gasteiger partial charge in [-0.3, -0.25) is 10.1 Å². The molecule has 9 heteroatoms. The number of nitriles is 1. The molecule has 0 heterocycles. The quantitative estimate of drug-likeness (QED) is 0.471. The predicted octanol–water partition coefficient (Wildman–Crippen LogP) is 2.16. The second kappa shape index (κ2) is 4.37. The van der Waals surface area contributed by atoms with Crippen LogP contribution in [0.3, 0.4) is 0 Å². The number of nitro groups is 1. The summed E-state index contributed by atoms with van der Waals surface area (Å²) in [7, 11) is 0.970. The van der Waals surface area contributed by atoms with Crippen molar-refractivity contribution in [2.24, 2.45) is 0 Å². The summed E-state index contributed by atoms with van der Waals surface area (Å²) in [6.07, 6.45) is 0. The Hall–Kier alpha value is -1.17. The van der Waals surface area contributed by atoms with Crippen molar-refractivity contribution in [3.63, 3.8) is 0 Å². The van der Waals surface area contributed by atoms with Crippen LogP contribution >= 0.6 is 26.6 Å². The maximum Gasteiger partial charge on any atom is 0.302 e. The number of nitrogens with zero attached hydrogens (tertiary/aromatic N) is 2. The average Bonchev–Trinajstić information content (AvgIpc) is 2.14. The molecule has 1 rings (SSSR count). The van der Waals surface area contributed by atoms with E-state index in [0.29, 0.717) is 0 Å². The second-order valence-electron chi connectivity index (χ2n) is 2.58. The summed E-state index contributed by atoms with van der Waals surface area (Å²) in [5.74, 6) is 0. The summed E-state index contributed by atoms with van der Waals surface area (Å²) in [4.78, 5) is 9.37. The lowest BCUT2D eigenvalue weighted by Crippen LogP contribution is -1.99. The van der Waals surface area contributed by atoms with Gasteiger partial charge in [0.1, 0.15) is 21.0 Å². The normalized spacial score (nSPS) is 10.8. The molecule has 1 aromatic rings. The molecule has 16 heavy (non-hydrogen) atoms. The van der Waals surface area contributed by atoms with Gasteiger partial charge in [-0.25, -0.2) is 8.42 Å². The Morgan fingerprint density at radius 2 is 2.06 bits per heavy atom. The Kier molecular flexibility index (Phi) is 3.52. The SMILES string of the molecule is N#Cc1ccc(S(=O)(=O)Cl)c(Br)c1[N+](=O)[O-]. The summed E-state index contributed by atoms with van der Waals surface area (Å²) >= 11 is 2.75. The molecule has 0 saturated carbocycles. The van der Waals surface area contributed by atoms with Crippen LogP contribution in [0.4, 0.5) is 5.69 Å². The molecule has 0 fully saturated rings. The molecular formula is C7H2BrClN2O4S. The van der Waals surface area contributed by atoms with Crippen molar-refractivity contribution < 1.29 is 13.3 Å². The van der Waals surface area contributed by atoms with Crippen LogP contribution in [-0.4, -0.2) is 13.3 Å². The van der Waals surface area contributed by atoms with E-state index in [4.69, 9.17) is 15.9 Å². The number of hydrogen-bond donors (Lipinski definition) is 0. The first-order valence-corrected chi connectivity index (χ1v) is 6.71. The van der Waals surface area contributed by atoms with Gasteiger partial charge in [-0.05, 0) is 28.1 Å². The molecular weight excluding hydrogens is 324 g/mol. The van der Waals surface area contributed by atoms with Crippen LogP contribution in [0.15, 0.2) is 21.5 Å². The fraction of sp³-hybridized carbons (Fsp3) is 0. The fourth-order valence-electron chi connectivity index (χ4n) is 1.00. The van der Waals surface area contributed by atoms with Crippen molar-refractivity contribution in [2.75, 3.05) is 0 Å². The van der Waals surface area contributed by atoms with Gasteiger partial charge >= 0.3 is 5.69 Å². The number of hydrogen-bond acceptors (Lipinski definition) is 5. The van der Waals surface area contributed by atoms with Crippen LogP contribution in [0, 0.1) is 21.4 Å². The lowest BCUT2D eigenvalue weighted by Gasteiger charge is -2.02. The first-order chi connectivity index (χ1) is 7.29. The minimum Gasteiger partial charge on any atom is -0.258 e. The van der Waals surface area contributed by atoms with Gasteiger partial charge in [-0.2, -0.15) is 5.26 Å². The molecule has 0 saturated heterocycles. The molecule has 0 atom stereocenters. The average molecular weight is 326 g/mol. The minimum atomic E-state index is -4.10. The Morgan fingerprint density at radius 3 is 2.44 bits per heavy atom. The molecule has 0 bridgehead atoms. The van der Waals surface area contributed by atoms with E-state index < -0.39 is 24.6 Å². The van der Waals surface area contributed by atoms with Crippen LogP contribution in [0.2, 0.25) is 0 Å². The van der Waals surface area contributed by atoms with Crippen molar-refractivity contribution in [2.45, 2.75) is 4.90 Å². The summed E-state index contributed by atoms with van der Waals surface area (Å²) < 4.78 is 21.8. The Labute approximate surface area is 103 Å². The van der Waals surface area contributed by atoms with Crippen molar-refractivity contribution in [3.05, 3.63) is 32.3 Å². The fourth-order valence-corrected chi connectivity index (χ4v) is 3.34. The smallest absolute Gasteiger partial charge is 0.258 e. The maximum atomic E-state index is 11.1. The van der Waals surface area contributed by atoms with Gasteiger partial charge in [0.15, 0.2) is 0 Å². The van der Waals surface area contributed by atoms with E-state index in [0.717, 1.165) is 12.1 Å². The Balaban J connectivity index is 3.72. The third-order valence-corrected chi connectivity index (χ3v) is 4.08. The van der Waals surface area contributed by atoms with Gasteiger partial charge in [-0.15, -0.1) is 0 Å². The summed E-state index contributed by atoms with van der Waals surface area (Å²) in [5.41, 5.74) is -0.870. The Morgan fingerprint density at radius 1 is 1.50 bits per heavy atom. The molecule has 0 aromatic heterocycles. The third kappa shape index (κ3) is 2.32. The van der Waals surface area contributed by atoms with E-state index >= 15 is 0 Å². The minimum absolute atomic E-state index is 0.249. The monoisotopic (exact) mass is 324 g/mol. The standard InChI is InChI=1S/C7H2BrClN2O4S/c8-6-5(16(9,14)15)2-1-4(3-10)7(6)11(12)13/h1-2H. The number of rotatable bonds is 2. The van der Waals surface area contributed by atoms with Gasteiger partial charge in [-0.1, -0.05) is 0 Å². The van der Waals surface area contributed by atoms with E-state index in [9.17, 15) is 18.5 Å². The van der Waals surface area contributed by atoms with Gasteiger partial charge in [0, 0.05) is 10.7 Å². The molecule has 0 unspecified atom stereocenters. The van der Waals surface area contributed by atoms with E-state index in [2.05, 4.69) is 15.9 Å². The highest BCUT2D eigenvalue weighted by Gasteiger charge is 2.26. The molecule has 0 radical (unpaired) electrons. The van der Waals surface area contributed by atoms with Crippen LogP contribution in [0.5, 0.6) is 0 Å². The van der Waals surface area contributed by atoms with Gasteiger partial charge in [0.05, 0.1) is 4.92 Å². The van der Waals surface area contributed by atoms with Gasteiger partial charge in [0.25, 0.3) is 9.05 Å². The number of benzene rings is 1. The molecule has 0 aliphatic rings. The van der Waals surface area contributed by atoms with E-state index in [1.165, 1.54) is 0 Å². The van der Waals surface area contributed by atoms with Crippen LogP contribution in [0.25, 0.3) is 0 Å². The van der Waals surface area contributed by atoms with E-state index in [1.807, 2.05) is 0 Å². The van der Waals surface area contributed by atoms with E-state index in [1.54, 1.807) is 6.07 Å². The number of halogens is 2. The molecule has 84 valence electrons. The molecule has 0 N–H and O–H groups in total. The zero-order chi connectivity index (χ0) is 12.5. The van der Waals surface area contributed by atoms with Crippen molar-refractivity contribution in [1.29, 1.82) is 5.26 Å². The highest BCUT2D eigenvalue weighted by molar-refractivity contribution is 9.10. The predicted molar refractivity (Wildman–Crippen MR) is 58.6 cm³/mol. The highest BCUT2D eigenvalue weighted by Crippen LogP contribution is 2.35. The maximum absolute atomic E-state index is 11.1. The molecule has 1 aromatic carbocycles.